The van der Waals surface area contributed by atoms with Gasteiger partial charge in [0.15, 0.2) is 0 Å². The third-order valence-corrected chi connectivity index (χ3v) is 24.7. The summed E-state index contributed by atoms with van der Waals surface area (Å²) in [7, 11) is 8.32. The number of nitrogens with one attached hydrogen (secondary N) is 7. The number of benzene rings is 4. The number of piperidine rings is 6. The van der Waals surface area contributed by atoms with Crippen molar-refractivity contribution in [1.82, 2.24) is 76.1 Å². The summed E-state index contributed by atoms with van der Waals surface area (Å²) in [6, 6.07) is 30.6. The van der Waals surface area contributed by atoms with E-state index in [2.05, 4.69) is 102 Å². The Morgan fingerprint density at radius 1 is 0.480 bits per heavy atom. The minimum Gasteiger partial charge on any atom is -0.481 e. The maximum absolute atomic E-state index is 12.4. The number of H-pyrrole nitrogens is 2. The number of halogens is 8. The number of ether oxygens (including phenoxy) is 1. The van der Waals surface area contributed by atoms with Crippen LogP contribution in [0.25, 0.3) is 22.1 Å². The number of hydrogen-bond donors (Lipinski definition) is 12. The zero-order chi connectivity index (χ0) is 90.4. The van der Waals surface area contributed by atoms with Crippen LogP contribution in [-0.2, 0) is 14.3 Å². The zero-order valence-corrected chi connectivity index (χ0v) is 79.3. The van der Waals surface area contributed by atoms with Gasteiger partial charge in [-0.15, -0.1) is 24.8 Å². The van der Waals surface area contributed by atoms with Crippen molar-refractivity contribution in [3.05, 3.63) is 182 Å². The van der Waals surface area contributed by atoms with E-state index in [1.54, 1.807) is 110 Å². The molecule has 4 aromatic heterocycles. The molecule has 5 amide bonds. The molecule has 10 heterocycles. The number of aromatic amines is 2. The summed E-state index contributed by atoms with van der Waals surface area (Å²) in [5.41, 5.74) is 25.5. The molecule has 6 aliphatic rings. The molecule has 0 spiro atoms. The van der Waals surface area contributed by atoms with Gasteiger partial charge in [0.1, 0.15) is 40.5 Å². The summed E-state index contributed by atoms with van der Waals surface area (Å²) in [4.78, 5) is 115. The summed E-state index contributed by atoms with van der Waals surface area (Å²) in [5.74, 6) is -0.297. The second-order valence-electron chi connectivity index (χ2n) is 34.6. The first-order chi connectivity index (χ1) is 58.0. The predicted molar refractivity (Wildman–Crippen MR) is 507 cm³/mol. The molecular weight excluding hydrogens is 1760 g/mol. The molecule has 0 radical (unpaired) electrons. The maximum atomic E-state index is 12.4. The Bertz CT molecular complexity index is 4620. The topological polar surface area (TPSA) is 413 Å². The first kappa shape index (κ1) is 108. The SMILES string of the molecule is CN1CCC(C)(C(=O)O)CC1.CN1CCC(C)(C(N)=O)CC1.CN1CCC(C)(CN)CC1.CN1CCC(CNC(=O)c2ccc(Cl)cc2)(NC(=O)OC(C)(C)C)CC1.Cl.Cl.Clc1ncnc2[nH]ccc12.NC1(CNC(=O)c2ccc(Cl)cc2)CCN(c2ncnc3[nH]ccc23)CC1.NC1(CNC(=O)c2ccc(Cl)cc2)CCNCC1.O=C(Cl)c1ccc(Cl)cc1. The maximum Gasteiger partial charge on any atom is 0.408 e. The van der Waals surface area contributed by atoms with E-state index in [1.807, 2.05) is 67.0 Å². The number of carbonyl (C=O) groups excluding carboxylic acids is 6. The van der Waals surface area contributed by atoms with Crippen LogP contribution in [0.1, 0.15) is 160 Å². The molecule has 6 fully saturated rings. The summed E-state index contributed by atoms with van der Waals surface area (Å²) < 4.78 is 5.41. The number of rotatable bonds is 15. The minimum atomic E-state index is -0.648. The van der Waals surface area contributed by atoms with Crippen molar-refractivity contribution in [2.75, 3.05) is 138 Å². The Balaban J connectivity index is 0.000000262. The molecule has 0 bridgehead atoms. The van der Waals surface area contributed by atoms with Gasteiger partial charge in [-0.2, -0.15) is 0 Å². The average molecular weight is 1890 g/mol. The molecular formula is C88H126Cl8N20O9. The third kappa shape index (κ3) is 36.0. The Hall–Kier alpha value is -7.79. The number of carbonyl (C=O) groups is 7. The molecule has 14 rings (SSSR count). The van der Waals surface area contributed by atoms with Crippen LogP contribution in [0, 0.1) is 16.2 Å². The van der Waals surface area contributed by atoms with E-state index in [1.165, 1.54) is 32.3 Å². The van der Waals surface area contributed by atoms with Crippen molar-refractivity contribution >= 4 is 163 Å². The van der Waals surface area contributed by atoms with Crippen LogP contribution in [0.4, 0.5) is 10.6 Å². The molecule has 688 valence electrons. The summed E-state index contributed by atoms with van der Waals surface area (Å²) in [6.07, 6.45) is 16.9. The van der Waals surface area contributed by atoms with E-state index >= 15 is 0 Å². The second-order valence-corrected chi connectivity index (χ2v) is 37.0. The Morgan fingerprint density at radius 2 is 0.840 bits per heavy atom. The van der Waals surface area contributed by atoms with Crippen molar-refractivity contribution < 1.29 is 43.4 Å². The number of aromatic nitrogens is 6. The normalized spacial score (nSPS) is 17.9. The number of carboxylic acids is 1. The Labute approximate surface area is 776 Å². The number of likely N-dealkylation sites (tertiary alicyclic amines) is 4. The van der Waals surface area contributed by atoms with Gasteiger partial charge >= 0.3 is 12.1 Å². The highest BCUT2D eigenvalue weighted by Crippen LogP contribution is 2.34. The van der Waals surface area contributed by atoms with Crippen molar-refractivity contribution in [3.63, 3.8) is 0 Å². The zero-order valence-electron chi connectivity index (χ0n) is 73.1. The van der Waals surface area contributed by atoms with Gasteiger partial charge in [0.25, 0.3) is 23.0 Å². The number of hydrogen-bond acceptors (Lipinski definition) is 21. The molecule has 6 saturated heterocycles. The second kappa shape index (κ2) is 50.8. The molecule has 4 aromatic carbocycles. The number of nitrogens with zero attached hydrogens (tertiary/aromatic N) is 9. The molecule has 0 atom stereocenters. The van der Waals surface area contributed by atoms with E-state index in [4.69, 9.17) is 102 Å². The summed E-state index contributed by atoms with van der Waals surface area (Å²) in [5, 5.41) is 28.2. The average Bonchev–Trinajstić information content (AvgIpc) is 1.75. The number of aliphatic carboxylic acids is 1. The number of anilines is 1. The first-order valence-corrected chi connectivity index (χ1v) is 43.6. The fourth-order valence-electron chi connectivity index (χ4n) is 13.8. The van der Waals surface area contributed by atoms with Crippen LogP contribution in [0.3, 0.4) is 0 Å². The van der Waals surface area contributed by atoms with Gasteiger partial charge in [-0.3, -0.25) is 28.8 Å². The van der Waals surface area contributed by atoms with Gasteiger partial charge in [-0.05, 0) is 318 Å². The molecule has 0 unspecified atom stereocenters. The molecule has 8 aromatic rings. The monoisotopic (exact) mass is 1890 g/mol. The number of fused-ring (bicyclic) bond motifs is 2. The lowest BCUT2D eigenvalue weighted by Gasteiger charge is -2.41. The minimum absolute atomic E-state index is 0. The smallest absolute Gasteiger partial charge is 0.408 e. The lowest BCUT2D eigenvalue weighted by Crippen LogP contribution is -2.60. The van der Waals surface area contributed by atoms with Gasteiger partial charge < -0.3 is 93.8 Å². The molecule has 29 nitrogen and oxygen atoms in total. The Kier molecular flexibility index (Phi) is 43.8. The number of primary amides is 1. The predicted octanol–water partition coefficient (Wildman–Crippen LogP) is 13.4. The van der Waals surface area contributed by atoms with Gasteiger partial charge in [-0.25, -0.2) is 24.7 Å². The van der Waals surface area contributed by atoms with Crippen molar-refractivity contribution in [2.45, 2.75) is 141 Å². The largest absolute Gasteiger partial charge is 0.481 e. The van der Waals surface area contributed by atoms with Crippen molar-refractivity contribution in [1.29, 1.82) is 0 Å². The number of nitrogens with two attached hydrogens (primary N) is 4. The van der Waals surface area contributed by atoms with E-state index in [0.717, 1.165) is 164 Å². The summed E-state index contributed by atoms with van der Waals surface area (Å²) >= 11 is 34.0. The van der Waals surface area contributed by atoms with Crippen LogP contribution in [0.15, 0.2) is 134 Å². The standard InChI is InChI=1S/C19H21ClN6O.C19H28ClN3O3.C13H18ClN3O.C8H16N2O.C8H18N2.C8H15NO2.C7H4Cl2O.C6H4ClN3.2ClH/c20-14-3-1-13(2-4-14)18(27)23-11-19(21)6-9-26(10-7-19)17-15-5-8-22-16(15)24-12-25-17;1-18(2,3)26-17(25)22-19(9-11-23(4)12-10-19)13-21-16(24)14-5-7-15(20)8-6-14;14-11-3-1-10(2-4-11)12(18)17-9-13(15)5-7-16-8-6-13;1-8(7(9)11)3-5-10(2)6-4-8;1-8(7-9)3-5-10(2)6-4-8;1-8(7(10)11)3-5-9(2)6-4-8;8-6-3-1-5(2-4-6)7(9)10;7-5-4-1-2-8-6(4)10-3-9-5;;/h1-5,8,12H,6-7,9-11,21H2,(H,23,27)(H,22,24,25);5-8H,9-13H2,1-4H3,(H,21,24)(H,22,25);1-4,16H,5-9,15H2,(H,17,18);3-6H2,1-2H3,(H2,9,11);3-7,9H2,1-2H3;3-6H2,1-2H3,(H,10,11);1-4H;1-3H,(H,8,9,10);2*1H. The lowest BCUT2D eigenvalue weighted by atomic mass is 9.80. The third-order valence-electron chi connectivity index (χ3n) is 23.2. The van der Waals surface area contributed by atoms with Gasteiger partial charge in [-0.1, -0.05) is 71.9 Å². The van der Waals surface area contributed by atoms with E-state index in [0.29, 0.717) is 72.5 Å². The van der Waals surface area contributed by atoms with E-state index < -0.39 is 39.4 Å². The van der Waals surface area contributed by atoms with Gasteiger partial charge in [0, 0.05) is 117 Å². The van der Waals surface area contributed by atoms with Crippen molar-refractivity contribution in [2.24, 2.45) is 39.2 Å². The van der Waals surface area contributed by atoms with Crippen LogP contribution in [0.2, 0.25) is 25.2 Å². The molecule has 37 heteroatoms. The number of carboxylic acid groups (broad SMARTS) is 1. The van der Waals surface area contributed by atoms with Gasteiger partial charge in [0.2, 0.25) is 5.91 Å². The number of amides is 5. The highest BCUT2D eigenvalue weighted by atomic mass is 35.5. The quantitative estimate of drug-likeness (QED) is 0.0335. The molecule has 0 saturated carbocycles. The van der Waals surface area contributed by atoms with Crippen molar-refractivity contribution in [3.8, 4) is 0 Å². The highest BCUT2D eigenvalue weighted by molar-refractivity contribution is 6.67. The van der Waals surface area contributed by atoms with Crippen LogP contribution in [-0.4, -0.2) is 251 Å². The van der Waals surface area contributed by atoms with Gasteiger partial charge in [0.05, 0.1) is 21.7 Å². The number of alkyl carbamates (subject to hydrolysis) is 1. The van der Waals surface area contributed by atoms with Crippen LogP contribution < -0.4 is 54.4 Å². The van der Waals surface area contributed by atoms with Crippen LogP contribution >= 0.6 is 94.4 Å². The van der Waals surface area contributed by atoms with E-state index in [-0.39, 0.29) is 59.4 Å². The molecule has 6 aliphatic heterocycles. The lowest BCUT2D eigenvalue weighted by molar-refractivity contribution is -0.150. The Morgan fingerprint density at radius 3 is 1.22 bits per heavy atom. The fourth-order valence-corrected chi connectivity index (χ4v) is 14.6. The first-order valence-electron chi connectivity index (χ1n) is 41.4. The molecule has 16 N–H and O–H groups in total. The fraction of sp³-hybridized carbons (Fsp3) is 0.511. The highest BCUT2D eigenvalue weighted by Gasteiger charge is 2.40. The molecule has 0 aliphatic carbocycles. The molecule has 125 heavy (non-hydrogen) atoms. The summed E-state index contributed by atoms with van der Waals surface area (Å²) in [6.45, 7) is 25.0. The van der Waals surface area contributed by atoms with Crippen LogP contribution in [0.5, 0.6) is 0 Å². The van der Waals surface area contributed by atoms with E-state index in [9.17, 15) is 33.6 Å².